The minimum Gasteiger partial charge on any atom is -0.493 e. The molecule has 5 nitrogen and oxygen atoms in total. The molecule has 0 saturated carbocycles. The second kappa shape index (κ2) is 8.85. The Labute approximate surface area is 157 Å². The molecule has 1 saturated heterocycles. The van der Waals surface area contributed by atoms with Gasteiger partial charge in [0.1, 0.15) is 5.75 Å². The van der Waals surface area contributed by atoms with Crippen LogP contribution in [0, 0.1) is 0 Å². The van der Waals surface area contributed by atoms with Crippen LogP contribution in [0.3, 0.4) is 0 Å². The standard InChI is InChI=1S/C20H22N2O3S/c1-2-14-3-7-16(21-13-14)11-12-25-17-8-4-15(5-9-17)6-10-18-19(23)22-20(24)26-18/h3-5,7-9,13,18H,2,6,10-12H2,1H3,(H,22,23,24). The van der Waals surface area contributed by atoms with Crippen molar-refractivity contribution in [3.8, 4) is 5.75 Å². The fourth-order valence-corrected chi connectivity index (χ4v) is 3.54. The third-order valence-corrected chi connectivity index (χ3v) is 5.36. The van der Waals surface area contributed by atoms with Gasteiger partial charge in [-0.25, -0.2) is 0 Å². The summed E-state index contributed by atoms with van der Waals surface area (Å²) in [5.74, 6) is 0.641. The van der Waals surface area contributed by atoms with Gasteiger partial charge in [-0.2, -0.15) is 0 Å². The van der Waals surface area contributed by atoms with Gasteiger partial charge in [-0.05, 0) is 48.6 Å². The summed E-state index contributed by atoms with van der Waals surface area (Å²) in [6.45, 7) is 2.70. The largest absolute Gasteiger partial charge is 0.493 e. The second-order valence-electron chi connectivity index (χ2n) is 6.18. The Morgan fingerprint density at radius 2 is 1.85 bits per heavy atom. The van der Waals surface area contributed by atoms with E-state index in [1.165, 1.54) is 5.56 Å². The molecule has 2 aromatic rings. The van der Waals surface area contributed by atoms with Crippen molar-refractivity contribution in [3.05, 3.63) is 59.4 Å². The van der Waals surface area contributed by atoms with Crippen LogP contribution in [-0.4, -0.2) is 28.0 Å². The van der Waals surface area contributed by atoms with Crippen LogP contribution in [0.4, 0.5) is 4.79 Å². The molecular formula is C20H22N2O3S. The molecule has 6 heteroatoms. The number of carbonyl (C=O) groups is 2. The van der Waals surface area contributed by atoms with E-state index >= 15 is 0 Å². The molecule has 1 atom stereocenters. The van der Waals surface area contributed by atoms with Gasteiger partial charge in [0.15, 0.2) is 0 Å². The number of nitrogens with one attached hydrogen (secondary N) is 1. The zero-order valence-corrected chi connectivity index (χ0v) is 15.6. The zero-order valence-electron chi connectivity index (χ0n) is 14.7. The number of rotatable bonds is 8. The van der Waals surface area contributed by atoms with E-state index in [1.54, 1.807) is 0 Å². The average molecular weight is 370 g/mol. The van der Waals surface area contributed by atoms with Crippen LogP contribution < -0.4 is 10.1 Å². The Balaban J connectivity index is 1.42. The highest BCUT2D eigenvalue weighted by atomic mass is 32.2. The maximum absolute atomic E-state index is 11.6. The van der Waals surface area contributed by atoms with Crippen LogP contribution in [0.2, 0.25) is 0 Å². The topological polar surface area (TPSA) is 68.3 Å². The van der Waals surface area contributed by atoms with Gasteiger partial charge in [0.05, 0.1) is 11.9 Å². The summed E-state index contributed by atoms with van der Waals surface area (Å²) in [7, 11) is 0. The van der Waals surface area contributed by atoms with E-state index in [9.17, 15) is 9.59 Å². The van der Waals surface area contributed by atoms with E-state index < -0.39 is 0 Å². The number of hydrogen-bond donors (Lipinski definition) is 1. The van der Waals surface area contributed by atoms with E-state index in [2.05, 4.69) is 23.3 Å². The average Bonchev–Trinajstić information content (AvgIpc) is 2.99. The van der Waals surface area contributed by atoms with Crippen LogP contribution >= 0.6 is 11.8 Å². The molecule has 3 rings (SSSR count). The molecule has 1 N–H and O–H groups in total. The van der Waals surface area contributed by atoms with Crippen molar-refractivity contribution >= 4 is 22.9 Å². The monoisotopic (exact) mass is 370 g/mol. The van der Waals surface area contributed by atoms with Crippen LogP contribution in [0.25, 0.3) is 0 Å². The van der Waals surface area contributed by atoms with Crippen LogP contribution in [0.5, 0.6) is 5.75 Å². The molecular weight excluding hydrogens is 348 g/mol. The van der Waals surface area contributed by atoms with Crippen LogP contribution in [0.15, 0.2) is 42.6 Å². The summed E-state index contributed by atoms with van der Waals surface area (Å²) in [5.41, 5.74) is 3.39. The zero-order chi connectivity index (χ0) is 18.4. The number of pyridine rings is 1. The lowest BCUT2D eigenvalue weighted by molar-refractivity contribution is -0.119. The van der Waals surface area contributed by atoms with Crippen molar-refractivity contribution in [2.24, 2.45) is 0 Å². The Kier molecular flexibility index (Phi) is 6.28. The first-order valence-electron chi connectivity index (χ1n) is 8.81. The third kappa shape index (κ3) is 5.08. The number of imide groups is 1. The van der Waals surface area contributed by atoms with E-state index in [1.807, 2.05) is 36.5 Å². The van der Waals surface area contributed by atoms with E-state index in [4.69, 9.17) is 4.74 Å². The molecule has 2 amide bonds. The van der Waals surface area contributed by atoms with Gasteiger partial charge < -0.3 is 4.74 Å². The third-order valence-electron chi connectivity index (χ3n) is 4.31. The number of hydrogen-bond acceptors (Lipinski definition) is 5. The fraction of sp³-hybridized carbons (Fsp3) is 0.350. The van der Waals surface area contributed by atoms with Crippen molar-refractivity contribution in [3.63, 3.8) is 0 Å². The van der Waals surface area contributed by atoms with E-state index in [0.717, 1.165) is 48.0 Å². The van der Waals surface area contributed by atoms with Gasteiger partial charge in [-0.15, -0.1) is 0 Å². The Bertz CT molecular complexity index is 760. The van der Waals surface area contributed by atoms with Gasteiger partial charge in [0.2, 0.25) is 5.91 Å². The number of nitrogens with zero attached hydrogens (tertiary/aromatic N) is 1. The number of ether oxygens (including phenoxy) is 1. The predicted octanol–water partition coefficient (Wildman–Crippen LogP) is 3.55. The molecule has 136 valence electrons. The highest BCUT2D eigenvalue weighted by Gasteiger charge is 2.30. The van der Waals surface area contributed by atoms with Crippen molar-refractivity contribution in [2.45, 2.75) is 37.9 Å². The highest BCUT2D eigenvalue weighted by Crippen LogP contribution is 2.24. The Morgan fingerprint density at radius 3 is 2.46 bits per heavy atom. The lowest BCUT2D eigenvalue weighted by Gasteiger charge is -2.08. The summed E-state index contributed by atoms with van der Waals surface area (Å²) in [6.07, 6.45) is 5.10. The molecule has 0 bridgehead atoms. The molecule has 0 radical (unpaired) electrons. The second-order valence-corrected chi connectivity index (χ2v) is 7.35. The molecule has 1 aromatic heterocycles. The maximum atomic E-state index is 11.6. The summed E-state index contributed by atoms with van der Waals surface area (Å²) in [6, 6.07) is 12.0. The van der Waals surface area contributed by atoms with Crippen LogP contribution in [-0.2, 0) is 24.1 Å². The number of carbonyl (C=O) groups excluding carboxylic acids is 2. The van der Waals surface area contributed by atoms with Gasteiger partial charge in [-0.3, -0.25) is 19.9 Å². The highest BCUT2D eigenvalue weighted by molar-refractivity contribution is 8.15. The number of aromatic nitrogens is 1. The van der Waals surface area contributed by atoms with Crippen molar-refractivity contribution in [2.75, 3.05) is 6.61 Å². The summed E-state index contributed by atoms with van der Waals surface area (Å²) >= 11 is 1.08. The Hall–Kier alpha value is -2.34. The Morgan fingerprint density at radius 1 is 1.08 bits per heavy atom. The molecule has 1 aromatic carbocycles. The molecule has 26 heavy (non-hydrogen) atoms. The molecule has 1 fully saturated rings. The number of thioether (sulfide) groups is 1. The fourth-order valence-electron chi connectivity index (χ4n) is 2.72. The van der Waals surface area contributed by atoms with Gasteiger partial charge in [-0.1, -0.05) is 36.9 Å². The van der Waals surface area contributed by atoms with Crippen molar-refractivity contribution in [1.82, 2.24) is 10.3 Å². The molecule has 1 unspecified atom stereocenters. The number of amides is 2. The first-order valence-corrected chi connectivity index (χ1v) is 9.69. The van der Waals surface area contributed by atoms with Crippen molar-refractivity contribution in [1.29, 1.82) is 0 Å². The maximum Gasteiger partial charge on any atom is 0.286 e. The number of benzene rings is 1. The van der Waals surface area contributed by atoms with E-state index in [-0.39, 0.29) is 16.4 Å². The smallest absolute Gasteiger partial charge is 0.286 e. The predicted molar refractivity (Wildman–Crippen MR) is 102 cm³/mol. The molecule has 0 spiro atoms. The van der Waals surface area contributed by atoms with Gasteiger partial charge in [0.25, 0.3) is 5.24 Å². The minimum absolute atomic E-state index is 0.180. The summed E-state index contributed by atoms with van der Waals surface area (Å²) in [5, 5.41) is 1.79. The lowest BCUT2D eigenvalue weighted by Crippen LogP contribution is -2.24. The first kappa shape index (κ1) is 18.5. The molecule has 2 heterocycles. The SMILES string of the molecule is CCc1ccc(CCOc2ccc(CCC3SC(=O)NC3=O)cc2)nc1. The first-order chi connectivity index (χ1) is 12.6. The van der Waals surface area contributed by atoms with Gasteiger partial charge >= 0.3 is 0 Å². The van der Waals surface area contributed by atoms with Crippen molar-refractivity contribution < 1.29 is 14.3 Å². The van der Waals surface area contributed by atoms with E-state index in [0.29, 0.717) is 13.0 Å². The normalized spacial score (nSPS) is 16.6. The molecule has 0 aliphatic carbocycles. The van der Waals surface area contributed by atoms with Gasteiger partial charge in [0, 0.05) is 18.3 Å². The molecule has 1 aliphatic rings. The number of aryl methyl sites for hydroxylation is 2. The summed E-state index contributed by atoms with van der Waals surface area (Å²) in [4.78, 5) is 27.1. The van der Waals surface area contributed by atoms with Crippen LogP contribution in [0.1, 0.15) is 30.2 Å². The minimum atomic E-state index is -0.273. The molecule has 1 aliphatic heterocycles. The summed E-state index contributed by atoms with van der Waals surface area (Å²) < 4.78 is 5.78. The quantitative estimate of drug-likeness (QED) is 0.770. The lowest BCUT2D eigenvalue weighted by atomic mass is 10.1.